The Morgan fingerprint density at radius 2 is 2.00 bits per heavy atom. The summed E-state index contributed by atoms with van der Waals surface area (Å²) in [5.74, 6) is -0.907. The van der Waals surface area contributed by atoms with Crippen molar-refractivity contribution in [1.82, 2.24) is 0 Å². The number of benzene rings is 1. The third-order valence-corrected chi connectivity index (χ3v) is 2.13. The second kappa shape index (κ2) is 5.07. The highest BCUT2D eigenvalue weighted by Gasteiger charge is 2.06. The van der Waals surface area contributed by atoms with Gasteiger partial charge < -0.3 is 10.4 Å². The predicted molar refractivity (Wildman–Crippen MR) is 55.9 cm³/mol. The van der Waals surface area contributed by atoms with Gasteiger partial charge >= 0.3 is 0 Å². The summed E-state index contributed by atoms with van der Waals surface area (Å²) in [6, 6.07) is 2.28. The molecule has 1 atom stereocenters. The molecule has 0 spiro atoms. The molecule has 0 aromatic heterocycles. The fourth-order valence-corrected chi connectivity index (χ4v) is 1.20. The molecule has 1 aromatic carbocycles. The van der Waals surface area contributed by atoms with E-state index in [1.165, 1.54) is 6.92 Å². The Kier molecular flexibility index (Phi) is 4.03. The predicted octanol–water partition coefficient (Wildman–Crippen LogP) is 2.46. The van der Waals surface area contributed by atoms with Crippen molar-refractivity contribution in [3.63, 3.8) is 0 Å². The van der Waals surface area contributed by atoms with E-state index >= 15 is 0 Å². The molecule has 0 heterocycles. The van der Waals surface area contributed by atoms with Crippen molar-refractivity contribution < 1.29 is 13.9 Å². The van der Waals surface area contributed by atoms with Crippen LogP contribution in [0.15, 0.2) is 12.1 Å². The first-order valence-electron chi connectivity index (χ1n) is 4.88. The third kappa shape index (κ3) is 3.47. The van der Waals surface area contributed by atoms with Crippen LogP contribution in [0.4, 0.5) is 14.5 Å². The lowest BCUT2D eigenvalue weighted by molar-refractivity contribution is 0.188. The van der Waals surface area contributed by atoms with Gasteiger partial charge in [-0.2, -0.15) is 0 Å². The lowest BCUT2D eigenvalue weighted by Gasteiger charge is -2.09. The Labute approximate surface area is 87.9 Å². The molecule has 0 aliphatic rings. The Morgan fingerprint density at radius 1 is 1.33 bits per heavy atom. The fraction of sp³-hybridized carbons (Fsp3) is 0.455. The molecule has 0 saturated heterocycles. The van der Waals surface area contributed by atoms with E-state index in [-0.39, 0.29) is 11.3 Å². The molecule has 0 aliphatic carbocycles. The number of aliphatic hydroxyl groups is 1. The third-order valence-electron chi connectivity index (χ3n) is 2.13. The molecule has 1 unspecified atom stereocenters. The van der Waals surface area contributed by atoms with Gasteiger partial charge in [-0.3, -0.25) is 0 Å². The first kappa shape index (κ1) is 11.9. The second-order valence-corrected chi connectivity index (χ2v) is 3.65. The minimum absolute atomic E-state index is 0.138. The zero-order valence-corrected chi connectivity index (χ0v) is 8.85. The van der Waals surface area contributed by atoms with Crippen LogP contribution in [0.1, 0.15) is 18.9 Å². The van der Waals surface area contributed by atoms with Gasteiger partial charge in [0.25, 0.3) is 0 Å². The fourth-order valence-electron chi connectivity index (χ4n) is 1.20. The molecule has 1 aromatic rings. The summed E-state index contributed by atoms with van der Waals surface area (Å²) in [7, 11) is 0. The molecule has 15 heavy (non-hydrogen) atoms. The normalized spacial score (nSPS) is 12.6. The summed E-state index contributed by atoms with van der Waals surface area (Å²) >= 11 is 0. The molecule has 4 heteroatoms. The van der Waals surface area contributed by atoms with Crippen LogP contribution in [-0.2, 0) is 0 Å². The molecule has 0 aliphatic heterocycles. The number of halogens is 2. The summed E-state index contributed by atoms with van der Waals surface area (Å²) < 4.78 is 26.4. The first-order valence-corrected chi connectivity index (χ1v) is 4.88. The Bertz CT molecular complexity index is 340. The van der Waals surface area contributed by atoms with Gasteiger partial charge in [0.1, 0.15) is 11.6 Å². The van der Waals surface area contributed by atoms with E-state index < -0.39 is 17.7 Å². The number of nitrogens with one attached hydrogen (secondary N) is 1. The summed E-state index contributed by atoms with van der Waals surface area (Å²) in [6.07, 6.45) is 0.0467. The van der Waals surface area contributed by atoms with Crippen LogP contribution in [0.2, 0.25) is 0 Å². The summed E-state index contributed by atoms with van der Waals surface area (Å²) in [5.41, 5.74) is 0.423. The van der Waals surface area contributed by atoms with Crippen LogP contribution in [-0.4, -0.2) is 17.8 Å². The minimum atomic E-state index is -0.473. The van der Waals surface area contributed by atoms with Crippen LogP contribution < -0.4 is 5.32 Å². The van der Waals surface area contributed by atoms with E-state index in [1.54, 1.807) is 6.92 Å². The van der Waals surface area contributed by atoms with E-state index in [0.29, 0.717) is 13.0 Å². The van der Waals surface area contributed by atoms with E-state index in [1.807, 2.05) is 0 Å². The lowest BCUT2D eigenvalue weighted by Crippen LogP contribution is -2.10. The van der Waals surface area contributed by atoms with Gasteiger partial charge in [0.2, 0.25) is 0 Å². The number of hydrogen-bond donors (Lipinski definition) is 2. The SMILES string of the molecule is Cc1cc(F)c(NCCC(C)O)cc1F. The van der Waals surface area contributed by atoms with Crippen molar-refractivity contribution >= 4 is 5.69 Å². The highest BCUT2D eigenvalue weighted by atomic mass is 19.1. The zero-order valence-electron chi connectivity index (χ0n) is 8.85. The van der Waals surface area contributed by atoms with Crippen LogP contribution in [0, 0.1) is 18.6 Å². The van der Waals surface area contributed by atoms with E-state index in [2.05, 4.69) is 5.32 Å². The Balaban J connectivity index is 2.65. The maximum atomic E-state index is 13.3. The topological polar surface area (TPSA) is 32.3 Å². The molecule has 0 amide bonds. The van der Waals surface area contributed by atoms with Crippen molar-refractivity contribution in [3.8, 4) is 0 Å². The number of rotatable bonds is 4. The average Bonchev–Trinajstić information content (AvgIpc) is 2.13. The quantitative estimate of drug-likeness (QED) is 0.808. The van der Waals surface area contributed by atoms with Crippen molar-refractivity contribution in [1.29, 1.82) is 0 Å². The second-order valence-electron chi connectivity index (χ2n) is 3.65. The molecule has 0 fully saturated rings. The number of aliphatic hydroxyl groups excluding tert-OH is 1. The Morgan fingerprint density at radius 3 is 2.60 bits per heavy atom. The van der Waals surface area contributed by atoms with Crippen molar-refractivity contribution in [2.45, 2.75) is 26.4 Å². The summed E-state index contributed by atoms with van der Waals surface area (Å²) in [6.45, 7) is 3.57. The van der Waals surface area contributed by atoms with Gasteiger partial charge in [-0.15, -0.1) is 0 Å². The Hall–Kier alpha value is -1.16. The standard InChI is InChI=1S/C11H15F2NO/c1-7-5-10(13)11(6-9(7)12)14-4-3-8(2)15/h5-6,8,14-15H,3-4H2,1-2H3. The molecular weight excluding hydrogens is 200 g/mol. The van der Waals surface area contributed by atoms with Crippen LogP contribution in [0.3, 0.4) is 0 Å². The number of hydrogen-bond acceptors (Lipinski definition) is 2. The minimum Gasteiger partial charge on any atom is -0.393 e. The van der Waals surface area contributed by atoms with E-state index in [4.69, 9.17) is 5.11 Å². The molecular formula is C11H15F2NO. The van der Waals surface area contributed by atoms with Gasteiger partial charge in [0, 0.05) is 12.6 Å². The largest absolute Gasteiger partial charge is 0.393 e. The first-order chi connectivity index (χ1) is 7.00. The van der Waals surface area contributed by atoms with Crippen molar-refractivity contribution in [2.24, 2.45) is 0 Å². The van der Waals surface area contributed by atoms with Gasteiger partial charge in [0.15, 0.2) is 0 Å². The number of aryl methyl sites for hydroxylation is 1. The molecule has 1 rings (SSSR count). The van der Waals surface area contributed by atoms with E-state index in [0.717, 1.165) is 12.1 Å². The molecule has 0 bridgehead atoms. The van der Waals surface area contributed by atoms with Crippen LogP contribution in [0.25, 0.3) is 0 Å². The van der Waals surface area contributed by atoms with Gasteiger partial charge in [-0.05, 0) is 31.9 Å². The van der Waals surface area contributed by atoms with Crippen LogP contribution in [0.5, 0.6) is 0 Å². The lowest BCUT2D eigenvalue weighted by atomic mass is 10.2. The monoisotopic (exact) mass is 215 g/mol. The summed E-state index contributed by atoms with van der Waals surface area (Å²) in [5, 5.41) is 11.7. The molecule has 2 N–H and O–H groups in total. The summed E-state index contributed by atoms with van der Waals surface area (Å²) in [4.78, 5) is 0. The molecule has 2 nitrogen and oxygen atoms in total. The average molecular weight is 215 g/mol. The zero-order chi connectivity index (χ0) is 11.4. The highest BCUT2D eigenvalue weighted by Crippen LogP contribution is 2.18. The van der Waals surface area contributed by atoms with Gasteiger partial charge in [0.05, 0.1) is 11.8 Å². The maximum absolute atomic E-state index is 13.3. The molecule has 0 radical (unpaired) electrons. The van der Waals surface area contributed by atoms with Crippen molar-refractivity contribution in [3.05, 3.63) is 29.3 Å². The maximum Gasteiger partial charge on any atom is 0.146 e. The molecule has 0 saturated carbocycles. The van der Waals surface area contributed by atoms with Gasteiger partial charge in [-0.1, -0.05) is 0 Å². The molecule has 84 valence electrons. The van der Waals surface area contributed by atoms with Crippen molar-refractivity contribution in [2.75, 3.05) is 11.9 Å². The van der Waals surface area contributed by atoms with Crippen LogP contribution >= 0.6 is 0 Å². The smallest absolute Gasteiger partial charge is 0.146 e. The highest BCUT2D eigenvalue weighted by molar-refractivity contribution is 5.46. The van der Waals surface area contributed by atoms with Gasteiger partial charge in [-0.25, -0.2) is 8.78 Å². The van der Waals surface area contributed by atoms with E-state index in [9.17, 15) is 8.78 Å². The number of anilines is 1.